The number of aryl methyl sites for hydroxylation is 2. The van der Waals surface area contributed by atoms with Gasteiger partial charge in [0.15, 0.2) is 11.5 Å². The number of ether oxygens (including phenoxy) is 2. The minimum absolute atomic E-state index is 0.159. The smallest absolute Gasteiger partial charge is 0.261 e. The van der Waals surface area contributed by atoms with Crippen molar-refractivity contribution in [3.05, 3.63) is 83.4 Å². The Morgan fingerprint density at radius 1 is 1.00 bits per heavy atom. The standard InChI is InChI=1S/C24H24N2O5S/c1-16-7-11-20(12-8-16)32(28,29)26-21-13-18(10-9-17(21)2)24(27)25-14-19-15-30-22-5-3-4-6-23(22)31-19/h3-13,19,26H,14-15H2,1-2H3,(H,25,27)/t19-/m0/s1. The summed E-state index contributed by atoms with van der Waals surface area (Å²) in [5.74, 6) is 0.989. The summed E-state index contributed by atoms with van der Waals surface area (Å²) in [6.07, 6.45) is -0.321. The van der Waals surface area contributed by atoms with Crippen molar-refractivity contribution in [1.82, 2.24) is 5.32 Å². The van der Waals surface area contributed by atoms with Gasteiger partial charge >= 0.3 is 0 Å². The molecule has 1 aliphatic heterocycles. The number of benzene rings is 3. The van der Waals surface area contributed by atoms with E-state index in [2.05, 4.69) is 10.0 Å². The van der Waals surface area contributed by atoms with E-state index in [4.69, 9.17) is 9.47 Å². The number of amides is 1. The van der Waals surface area contributed by atoms with Crippen LogP contribution in [0, 0.1) is 13.8 Å². The van der Waals surface area contributed by atoms with Gasteiger partial charge in [-0.2, -0.15) is 0 Å². The third-order valence-electron chi connectivity index (χ3n) is 5.13. The van der Waals surface area contributed by atoms with E-state index in [0.717, 1.165) is 5.56 Å². The number of nitrogens with one attached hydrogen (secondary N) is 2. The van der Waals surface area contributed by atoms with Crippen molar-refractivity contribution in [1.29, 1.82) is 0 Å². The van der Waals surface area contributed by atoms with E-state index in [1.54, 1.807) is 43.3 Å². The molecule has 3 aromatic rings. The first-order valence-electron chi connectivity index (χ1n) is 10.2. The summed E-state index contributed by atoms with van der Waals surface area (Å²) >= 11 is 0. The summed E-state index contributed by atoms with van der Waals surface area (Å²) < 4.78 is 39.6. The fourth-order valence-corrected chi connectivity index (χ4v) is 4.39. The fraction of sp³-hybridized carbons (Fsp3) is 0.208. The molecule has 0 aromatic heterocycles. The quantitative estimate of drug-likeness (QED) is 0.595. The van der Waals surface area contributed by atoms with Crippen LogP contribution in [0.3, 0.4) is 0 Å². The molecule has 0 spiro atoms. The van der Waals surface area contributed by atoms with E-state index < -0.39 is 10.0 Å². The Hall–Kier alpha value is -3.52. The fourth-order valence-electron chi connectivity index (χ4n) is 3.27. The zero-order valence-electron chi connectivity index (χ0n) is 17.8. The first-order chi connectivity index (χ1) is 15.3. The Kier molecular flexibility index (Phi) is 6.05. The van der Waals surface area contributed by atoms with Crippen molar-refractivity contribution in [2.45, 2.75) is 24.8 Å². The van der Waals surface area contributed by atoms with Crippen molar-refractivity contribution < 1.29 is 22.7 Å². The van der Waals surface area contributed by atoms with Crippen molar-refractivity contribution in [3.8, 4) is 11.5 Å². The molecule has 0 fully saturated rings. The maximum Gasteiger partial charge on any atom is 0.261 e. The normalized spacial score (nSPS) is 15.1. The first-order valence-corrected chi connectivity index (χ1v) is 11.7. The second-order valence-electron chi connectivity index (χ2n) is 7.66. The molecule has 1 amide bonds. The highest BCUT2D eigenvalue weighted by atomic mass is 32.2. The van der Waals surface area contributed by atoms with E-state index in [1.807, 2.05) is 31.2 Å². The van der Waals surface area contributed by atoms with Gasteiger partial charge in [0.1, 0.15) is 12.7 Å². The Bertz CT molecular complexity index is 1240. The van der Waals surface area contributed by atoms with Crippen LogP contribution in [0.2, 0.25) is 0 Å². The van der Waals surface area contributed by atoms with E-state index in [1.165, 1.54) is 6.07 Å². The Morgan fingerprint density at radius 3 is 2.47 bits per heavy atom. The minimum Gasteiger partial charge on any atom is -0.486 e. The van der Waals surface area contributed by atoms with Gasteiger partial charge in [0.05, 0.1) is 17.1 Å². The molecule has 166 valence electrons. The van der Waals surface area contributed by atoms with Gasteiger partial charge in [-0.3, -0.25) is 9.52 Å². The van der Waals surface area contributed by atoms with Gasteiger partial charge < -0.3 is 14.8 Å². The highest BCUT2D eigenvalue weighted by Crippen LogP contribution is 2.30. The zero-order chi connectivity index (χ0) is 22.7. The number of hydrogen-bond acceptors (Lipinski definition) is 5. The lowest BCUT2D eigenvalue weighted by Gasteiger charge is -2.26. The van der Waals surface area contributed by atoms with Crippen molar-refractivity contribution in [2.75, 3.05) is 17.9 Å². The molecule has 2 N–H and O–H groups in total. The maximum atomic E-state index is 12.7. The zero-order valence-corrected chi connectivity index (χ0v) is 18.6. The third kappa shape index (κ3) is 4.86. The van der Waals surface area contributed by atoms with E-state index in [0.29, 0.717) is 34.9 Å². The molecule has 0 saturated carbocycles. The molecule has 1 heterocycles. The molecule has 3 aromatic carbocycles. The van der Waals surface area contributed by atoms with Gasteiger partial charge in [-0.15, -0.1) is 0 Å². The summed E-state index contributed by atoms with van der Waals surface area (Å²) in [4.78, 5) is 12.8. The van der Waals surface area contributed by atoms with Crippen molar-refractivity contribution in [2.24, 2.45) is 0 Å². The van der Waals surface area contributed by atoms with Crippen LogP contribution < -0.4 is 19.5 Å². The van der Waals surface area contributed by atoms with Crippen LogP contribution in [0.5, 0.6) is 11.5 Å². The van der Waals surface area contributed by atoms with E-state index >= 15 is 0 Å². The van der Waals surface area contributed by atoms with Gasteiger partial charge in [0, 0.05) is 5.56 Å². The SMILES string of the molecule is Cc1ccc(S(=O)(=O)Nc2cc(C(=O)NC[C@H]3COc4ccccc4O3)ccc2C)cc1. The van der Waals surface area contributed by atoms with Gasteiger partial charge in [-0.1, -0.05) is 35.9 Å². The maximum absolute atomic E-state index is 12.7. The largest absolute Gasteiger partial charge is 0.486 e. The molecule has 7 nitrogen and oxygen atoms in total. The molecule has 0 aliphatic carbocycles. The van der Waals surface area contributed by atoms with Crippen LogP contribution in [0.15, 0.2) is 71.6 Å². The summed E-state index contributed by atoms with van der Waals surface area (Å²) in [5, 5.41) is 2.83. The lowest BCUT2D eigenvalue weighted by atomic mass is 10.1. The van der Waals surface area contributed by atoms with Gasteiger partial charge in [-0.25, -0.2) is 8.42 Å². The molecule has 32 heavy (non-hydrogen) atoms. The van der Waals surface area contributed by atoms with Crippen LogP contribution in [0.1, 0.15) is 21.5 Å². The molecule has 1 atom stereocenters. The highest BCUT2D eigenvalue weighted by molar-refractivity contribution is 7.92. The van der Waals surface area contributed by atoms with Gasteiger partial charge in [-0.05, 0) is 55.8 Å². The second-order valence-corrected chi connectivity index (χ2v) is 9.34. The molecule has 0 unspecified atom stereocenters. The Balaban J connectivity index is 1.43. The molecule has 0 saturated heterocycles. The molecule has 8 heteroatoms. The lowest BCUT2D eigenvalue weighted by Crippen LogP contribution is -2.40. The number of carbonyl (C=O) groups excluding carboxylic acids is 1. The number of anilines is 1. The number of carbonyl (C=O) groups is 1. The van der Waals surface area contributed by atoms with Crippen LogP contribution in [0.25, 0.3) is 0 Å². The summed E-state index contributed by atoms with van der Waals surface area (Å²) in [7, 11) is -3.77. The van der Waals surface area contributed by atoms with E-state index in [-0.39, 0.29) is 23.5 Å². The molecule has 4 rings (SSSR count). The number of fused-ring (bicyclic) bond motifs is 1. The average Bonchev–Trinajstić information content (AvgIpc) is 2.79. The molecular formula is C24H24N2O5S. The van der Waals surface area contributed by atoms with Crippen LogP contribution >= 0.6 is 0 Å². The van der Waals surface area contributed by atoms with Gasteiger partial charge in [0.2, 0.25) is 0 Å². The lowest BCUT2D eigenvalue weighted by molar-refractivity contribution is 0.0789. The predicted molar refractivity (Wildman–Crippen MR) is 122 cm³/mol. The summed E-state index contributed by atoms with van der Waals surface area (Å²) in [6, 6.07) is 18.8. The summed E-state index contributed by atoms with van der Waals surface area (Å²) in [6.45, 7) is 4.25. The number of hydrogen-bond donors (Lipinski definition) is 2. The first kappa shape index (κ1) is 21.7. The summed E-state index contributed by atoms with van der Waals surface area (Å²) in [5.41, 5.74) is 2.37. The van der Waals surface area contributed by atoms with Crippen LogP contribution in [0.4, 0.5) is 5.69 Å². The monoisotopic (exact) mass is 452 g/mol. The predicted octanol–water partition coefficient (Wildman–Crippen LogP) is 3.67. The molecule has 1 aliphatic rings. The molecule has 0 radical (unpaired) electrons. The van der Waals surface area contributed by atoms with Crippen molar-refractivity contribution in [3.63, 3.8) is 0 Å². The van der Waals surface area contributed by atoms with Gasteiger partial charge in [0.25, 0.3) is 15.9 Å². The third-order valence-corrected chi connectivity index (χ3v) is 6.51. The average molecular weight is 453 g/mol. The Morgan fingerprint density at radius 2 is 1.72 bits per heavy atom. The van der Waals surface area contributed by atoms with Crippen LogP contribution in [-0.2, 0) is 10.0 Å². The highest BCUT2D eigenvalue weighted by Gasteiger charge is 2.22. The number of rotatable bonds is 6. The topological polar surface area (TPSA) is 93.7 Å². The number of para-hydroxylation sites is 2. The van der Waals surface area contributed by atoms with E-state index in [9.17, 15) is 13.2 Å². The minimum atomic E-state index is -3.77. The number of sulfonamides is 1. The Labute approximate surface area is 187 Å². The second kappa shape index (κ2) is 8.92. The molecule has 0 bridgehead atoms. The molecular weight excluding hydrogens is 428 g/mol. The van der Waals surface area contributed by atoms with Crippen molar-refractivity contribution >= 4 is 21.6 Å². The van der Waals surface area contributed by atoms with Crippen LogP contribution in [-0.4, -0.2) is 33.6 Å².